The third-order valence-electron chi connectivity index (χ3n) is 6.84. The van der Waals surface area contributed by atoms with Gasteiger partial charge in [0.25, 0.3) is 0 Å². The van der Waals surface area contributed by atoms with Gasteiger partial charge in [0.1, 0.15) is 17.3 Å². The van der Waals surface area contributed by atoms with Gasteiger partial charge in [-0.25, -0.2) is 14.8 Å². The minimum Gasteiger partial charge on any atom is -0.365 e. The Bertz CT molecular complexity index is 1250. The van der Waals surface area contributed by atoms with Crippen molar-refractivity contribution in [2.45, 2.75) is 57.2 Å². The van der Waals surface area contributed by atoms with E-state index in [1.807, 2.05) is 33.4 Å². The fourth-order valence-corrected chi connectivity index (χ4v) is 5.22. The number of hydrogen-bond donors (Lipinski definition) is 1. The van der Waals surface area contributed by atoms with Gasteiger partial charge in [0, 0.05) is 18.5 Å². The minimum absolute atomic E-state index is 0.0164. The number of imidazole rings is 1. The number of benzene rings is 2. The maximum absolute atomic E-state index is 13.6. The average molecular weight is 426 g/mol. The van der Waals surface area contributed by atoms with Crippen LogP contribution >= 0.6 is 0 Å². The van der Waals surface area contributed by atoms with Crippen LogP contribution in [-0.4, -0.2) is 25.1 Å². The minimum atomic E-state index is -0.0164. The van der Waals surface area contributed by atoms with Gasteiger partial charge < -0.3 is 5.32 Å². The van der Waals surface area contributed by atoms with E-state index in [0.29, 0.717) is 24.8 Å². The van der Waals surface area contributed by atoms with Crippen molar-refractivity contribution in [2.24, 2.45) is 0 Å². The molecule has 32 heavy (non-hydrogen) atoms. The summed E-state index contributed by atoms with van der Waals surface area (Å²) in [7, 11) is 0. The lowest BCUT2D eigenvalue weighted by Crippen LogP contribution is -2.32. The van der Waals surface area contributed by atoms with Crippen LogP contribution < -0.4 is 11.0 Å². The summed E-state index contributed by atoms with van der Waals surface area (Å²) in [6.07, 6.45) is 5.61. The second-order valence-corrected chi connectivity index (χ2v) is 9.08. The molecule has 6 rings (SSSR count). The largest absolute Gasteiger partial charge is 0.365 e. The van der Waals surface area contributed by atoms with Crippen LogP contribution in [0.5, 0.6) is 0 Å². The van der Waals surface area contributed by atoms with E-state index < -0.39 is 0 Å². The number of aromatic nitrogens is 4. The molecule has 3 aliphatic heterocycles. The number of hydrogen-bond acceptors (Lipinski definition) is 4. The molecule has 1 aliphatic carbocycles. The Morgan fingerprint density at radius 3 is 2.31 bits per heavy atom. The summed E-state index contributed by atoms with van der Waals surface area (Å²) in [6.45, 7) is 1.14. The second-order valence-electron chi connectivity index (χ2n) is 9.08. The maximum atomic E-state index is 13.6. The van der Waals surface area contributed by atoms with Gasteiger partial charge in [0.05, 0.1) is 6.54 Å². The molecular weight excluding hydrogens is 398 g/mol. The summed E-state index contributed by atoms with van der Waals surface area (Å²) >= 11 is 0. The summed E-state index contributed by atoms with van der Waals surface area (Å²) in [5.74, 6) is 2.85. The zero-order chi connectivity index (χ0) is 21.5. The fraction of sp³-hybridized carbons (Fsp3) is 0.346. The van der Waals surface area contributed by atoms with Crippen LogP contribution in [-0.2, 0) is 19.5 Å². The first kappa shape index (κ1) is 19.3. The Balaban J connectivity index is 1.43. The topological polar surface area (TPSA) is 64.7 Å². The summed E-state index contributed by atoms with van der Waals surface area (Å²) in [6, 6.07) is 20.7. The van der Waals surface area contributed by atoms with E-state index in [0.717, 1.165) is 42.2 Å². The molecule has 3 heterocycles. The molecule has 0 saturated heterocycles. The van der Waals surface area contributed by atoms with Gasteiger partial charge in [-0.15, -0.1) is 0 Å². The summed E-state index contributed by atoms with van der Waals surface area (Å²) < 4.78 is 3.68. The van der Waals surface area contributed by atoms with Crippen LogP contribution in [0.25, 0.3) is 11.5 Å². The first-order chi connectivity index (χ1) is 15.8. The van der Waals surface area contributed by atoms with Crippen molar-refractivity contribution in [1.29, 1.82) is 0 Å². The van der Waals surface area contributed by atoms with Gasteiger partial charge in [-0.3, -0.25) is 9.13 Å². The molecule has 4 aliphatic rings. The van der Waals surface area contributed by atoms with Crippen molar-refractivity contribution in [1.82, 2.24) is 19.1 Å². The Hall–Kier alpha value is -3.41. The molecule has 0 aromatic heterocycles. The molecule has 2 aromatic rings. The van der Waals surface area contributed by atoms with E-state index in [1.54, 1.807) is 0 Å². The zero-order valence-electron chi connectivity index (χ0n) is 18.1. The van der Waals surface area contributed by atoms with Gasteiger partial charge in [0.15, 0.2) is 5.82 Å². The summed E-state index contributed by atoms with van der Waals surface area (Å²) in [5.41, 5.74) is 3.17. The highest BCUT2D eigenvalue weighted by Crippen LogP contribution is 2.37. The van der Waals surface area contributed by atoms with Gasteiger partial charge >= 0.3 is 5.69 Å². The van der Waals surface area contributed by atoms with Gasteiger partial charge in [-0.05, 0) is 30.4 Å². The van der Waals surface area contributed by atoms with Crippen LogP contribution in [0, 0.1) is 0 Å². The monoisotopic (exact) mass is 425 g/mol. The van der Waals surface area contributed by atoms with Gasteiger partial charge in [-0.2, -0.15) is 0 Å². The number of nitrogens with one attached hydrogen (secondary N) is 1. The molecule has 1 N–H and O–H groups in total. The lowest BCUT2D eigenvalue weighted by molar-refractivity contribution is 0.585. The molecule has 162 valence electrons. The van der Waals surface area contributed by atoms with Crippen LogP contribution in [0.3, 0.4) is 0 Å². The quantitative estimate of drug-likeness (QED) is 0.518. The molecule has 0 unspecified atom stereocenters. The molecule has 2 aromatic carbocycles. The number of rotatable bonds is 5. The van der Waals surface area contributed by atoms with Crippen molar-refractivity contribution < 1.29 is 0 Å². The second kappa shape index (κ2) is 7.93. The van der Waals surface area contributed by atoms with Crippen LogP contribution in [0.15, 0.2) is 65.5 Å². The van der Waals surface area contributed by atoms with E-state index in [2.05, 4.69) is 41.7 Å². The van der Waals surface area contributed by atoms with Crippen LogP contribution in [0.1, 0.15) is 48.6 Å². The highest BCUT2D eigenvalue weighted by Gasteiger charge is 2.33. The first-order valence-electron chi connectivity index (χ1n) is 11.6. The highest BCUT2D eigenvalue weighted by atomic mass is 16.1. The van der Waals surface area contributed by atoms with Crippen molar-refractivity contribution in [2.75, 3.05) is 5.32 Å². The maximum Gasteiger partial charge on any atom is 0.331 e. The fourth-order valence-electron chi connectivity index (χ4n) is 5.22. The Morgan fingerprint density at radius 1 is 0.906 bits per heavy atom. The molecule has 1 saturated carbocycles. The van der Waals surface area contributed by atoms with Crippen molar-refractivity contribution in [3.05, 3.63) is 88.1 Å². The lowest BCUT2D eigenvalue weighted by Gasteiger charge is -2.14. The van der Waals surface area contributed by atoms with E-state index >= 15 is 0 Å². The SMILES string of the molecule is O=c1n(Cc2ccccc2)c2nc(C3CCCC3)nc-2c2n1C[C@@H](Cc1ccccc1)N2. The predicted octanol–water partition coefficient (Wildman–Crippen LogP) is 4.29. The molecular formula is C26H27N5O. The van der Waals surface area contributed by atoms with Crippen molar-refractivity contribution in [3.8, 4) is 11.5 Å². The number of nitrogens with zero attached hydrogens (tertiary/aromatic N) is 4. The number of anilines is 1. The summed E-state index contributed by atoms with van der Waals surface area (Å²) in [5, 5.41) is 3.61. The van der Waals surface area contributed by atoms with Crippen molar-refractivity contribution in [3.63, 3.8) is 0 Å². The van der Waals surface area contributed by atoms with E-state index in [-0.39, 0.29) is 11.7 Å². The van der Waals surface area contributed by atoms with Crippen LogP contribution in [0.2, 0.25) is 0 Å². The highest BCUT2D eigenvalue weighted by molar-refractivity contribution is 5.70. The standard InChI is InChI=1S/C26H27N5O/c32-26-30(16-19-11-5-2-6-12-19)25-22(28-23(29-25)20-13-7-8-14-20)24-27-21(17-31(24)26)15-18-9-3-1-4-10-18/h1-6,9-12,20-21,27H,7-8,13-17H2/t21-/m1/s1. The van der Waals surface area contributed by atoms with E-state index in [1.165, 1.54) is 18.4 Å². The summed E-state index contributed by atoms with van der Waals surface area (Å²) in [4.78, 5) is 23.6. The van der Waals surface area contributed by atoms with Gasteiger partial charge in [-0.1, -0.05) is 73.5 Å². The Morgan fingerprint density at radius 2 is 1.59 bits per heavy atom. The zero-order valence-corrected chi connectivity index (χ0v) is 18.1. The van der Waals surface area contributed by atoms with E-state index in [9.17, 15) is 4.79 Å². The predicted molar refractivity (Wildman–Crippen MR) is 125 cm³/mol. The third-order valence-corrected chi connectivity index (χ3v) is 6.84. The molecule has 0 radical (unpaired) electrons. The molecule has 0 spiro atoms. The smallest absolute Gasteiger partial charge is 0.331 e. The molecule has 6 nitrogen and oxygen atoms in total. The van der Waals surface area contributed by atoms with Gasteiger partial charge in [0.2, 0.25) is 0 Å². The number of fused-ring (bicyclic) bond motifs is 3. The normalized spacial score (nSPS) is 18.2. The van der Waals surface area contributed by atoms with Crippen molar-refractivity contribution >= 4 is 5.82 Å². The third kappa shape index (κ3) is 3.40. The molecule has 0 bridgehead atoms. The Kier molecular flexibility index (Phi) is 4.78. The molecule has 6 heteroatoms. The van der Waals surface area contributed by atoms with Crippen LogP contribution in [0.4, 0.5) is 5.82 Å². The molecule has 1 fully saturated rings. The Labute approximate surface area is 187 Å². The van der Waals surface area contributed by atoms with E-state index in [4.69, 9.17) is 9.97 Å². The molecule has 1 atom stereocenters. The first-order valence-corrected chi connectivity index (χ1v) is 11.6. The average Bonchev–Trinajstić information content (AvgIpc) is 3.57. The molecule has 0 amide bonds. The lowest BCUT2D eigenvalue weighted by atomic mass is 10.1.